The molecular formula is C21H25N5. The molecule has 0 spiro atoms. The summed E-state index contributed by atoms with van der Waals surface area (Å²) in [5.41, 5.74) is 1.95. The van der Waals surface area contributed by atoms with Crippen molar-refractivity contribution in [3.63, 3.8) is 0 Å². The van der Waals surface area contributed by atoms with Crippen LogP contribution in [0.1, 0.15) is 12.8 Å². The van der Waals surface area contributed by atoms with Crippen LogP contribution in [0.2, 0.25) is 0 Å². The second-order valence-electron chi connectivity index (χ2n) is 7.32. The third-order valence-electron chi connectivity index (χ3n) is 5.04. The fraction of sp³-hybridized carbons (Fsp3) is 0.381. The Hall–Kier alpha value is -2.53. The van der Waals surface area contributed by atoms with Crippen LogP contribution in [-0.4, -0.2) is 53.6 Å². The van der Waals surface area contributed by atoms with E-state index >= 15 is 0 Å². The first-order valence-electron chi connectivity index (χ1n) is 9.27. The van der Waals surface area contributed by atoms with E-state index in [0.717, 1.165) is 47.1 Å². The number of piperidine rings is 1. The minimum Gasteiger partial charge on any atom is -0.356 e. The maximum atomic E-state index is 4.95. The van der Waals surface area contributed by atoms with E-state index in [4.69, 9.17) is 9.97 Å². The number of nitrogens with zero attached hydrogens (tertiary/aromatic N) is 5. The second kappa shape index (κ2) is 7.38. The molecule has 3 heterocycles. The molecule has 0 amide bonds. The van der Waals surface area contributed by atoms with Gasteiger partial charge in [0.2, 0.25) is 0 Å². The molecule has 1 fully saturated rings. The number of benzene rings is 1. The van der Waals surface area contributed by atoms with Crippen LogP contribution in [0.3, 0.4) is 0 Å². The average Bonchev–Trinajstić information content (AvgIpc) is 2.68. The highest BCUT2D eigenvalue weighted by atomic mass is 15.2. The molecule has 1 saturated heterocycles. The Labute approximate surface area is 154 Å². The summed E-state index contributed by atoms with van der Waals surface area (Å²) in [6, 6.07) is 12.3. The van der Waals surface area contributed by atoms with Crippen LogP contribution in [0.15, 0.2) is 48.8 Å². The molecule has 26 heavy (non-hydrogen) atoms. The third kappa shape index (κ3) is 3.53. The first-order chi connectivity index (χ1) is 12.7. The lowest BCUT2D eigenvalue weighted by Crippen LogP contribution is -2.37. The van der Waals surface area contributed by atoms with Gasteiger partial charge in [0.05, 0.1) is 5.52 Å². The topological polar surface area (TPSA) is 45.2 Å². The molecule has 2 aromatic heterocycles. The van der Waals surface area contributed by atoms with Crippen molar-refractivity contribution < 1.29 is 0 Å². The van der Waals surface area contributed by atoms with Gasteiger partial charge >= 0.3 is 0 Å². The van der Waals surface area contributed by atoms with Crippen LogP contribution in [0.4, 0.5) is 5.82 Å². The van der Waals surface area contributed by atoms with Gasteiger partial charge in [-0.15, -0.1) is 0 Å². The normalized spacial score (nSPS) is 15.7. The van der Waals surface area contributed by atoms with Gasteiger partial charge < -0.3 is 9.80 Å². The van der Waals surface area contributed by atoms with Gasteiger partial charge in [0, 0.05) is 43.0 Å². The molecule has 0 N–H and O–H groups in total. The first kappa shape index (κ1) is 16.9. The lowest BCUT2D eigenvalue weighted by Gasteiger charge is -2.34. The number of rotatable bonds is 4. The number of hydrogen-bond acceptors (Lipinski definition) is 5. The van der Waals surface area contributed by atoms with E-state index in [1.807, 2.05) is 24.4 Å². The number of aromatic nitrogens is 3. The molecule has 0 bridgehead atoms. The van der Waals surface area contributed by atoms with Gasteiger partial charge in [-0.1, -0.05) is 12.1 Å². The van der Waals surface area contributed by atoms with Crippen molar-refractivity contribution in [1.29, 1.82) is 0 Å². The fourth-order valence-corrected chi connectivity index (χ4v) is 3.77. The van der Waals surface area contributed by atoms with Crippen molar-refractivity contribution in [2.45, 2.75) is 12.8 Å². The highest BCUT2D eigenvalue weighted by molar-refractivity contribution is 5.91. The van der Waals surface area contributed by atoms with Crippen LogP contribution < -0.4 is 4.90 Å². The molecule has 1 aliphatic rings. The number of hydrogen-bond donors (Lipinski definition) is 0. The van der Waals surface area contributed by atoms with E-state index in [0.29, 0.717) is 0 Å². The largest absolute Gasteiger partial charge is 0.356 e. The molecule has 0 unspecified atom stereocenters. The molecule has 5 heteroatoms. The smallest absolute Gasteiger partial charge is 0.163 e. The van der Waals surface area contributed by atoms with Crippen molar-refractivity contribution in [2.24, 2.45) is 5.92 Å². The zero-order valence-corrected chi connectivity index (χ0v) is 15.5. The van der Waals surface area contributed by atoms with Crippen LogP contribution in [0.5, 0.6) is 0 Å². The third-order valence-corrected chi connectivity index (χ3v) is 5.04. The molecule has 4 rings (SSSR count). The molecule has 1 aliphatic heterocycles. The molecular weight excluding hydrogens is 322 g/mol. The lowest BCUT2D eigenvalue weighted by atomic mass is 9.96. The predicted molar refractivity (Wildman–Crippen MR) is 106 cm³/mol. The fourth-order valence-electron chi connectivity index (χ4n) is 3.77. The van der Waals surface area contributed by atoms with Gasteiger partial charge in [-0.3, -0.25) is 4.98 Å². The first-order valence-corrected chi connectivity index (χ1v) is 9.27. The minimum atomic E-state index is 0.752. The highest BCUT2D eigenvalue weighted by Gasteiger charge is 2.23. The molecule has 3 aromatic rings. The van der Waals surface area contributed by atoms with Crippen molar-refractivity contribution >= 4 is 16.7 Å². The monoisotopic (exact) mass is 347 g/mol. The molecule has 0 radical (unpaired) electrons. The highest BCUT2D eigenvalue weighted by Crippen LogP contribution is 2.30. The molecule has 5 nitrogen and oxygen atoms in total. The summed E-state index contributed by atoms with van der Waals surface area (Å²) in [7, 11) is 4.31. The Morgan fingerprint density at radius 1 is 1.04 bits per heavy atom. The SMILES string of the molecule is CN(C)CC1CCN(c2nc(-c3cccnc3)nc3ccccc23)CC1. The average molecular weight is 347 g/mol. The van der Waals surface area contributed by atoms with Gasteiger partial charge in [-0.05, 0) is 57.1 Å². The van der Waals surface area contributed by atoms with E-state index in [-0.39, 0.29) is 0 Å². The van der Waals surface area contributed by atoms with E-state index in [1.54, 1.807) is 6.20 Å². The van der Waals surface area contributed by atoms with Crippen LogP contribution in [0.25, 0.3) is 22.3 Å². The van der Waals surface area contributed by atoms with Crippen LogP contribution in [0, 0.1) is 5.92 Å². The summed E-state index contributed by atoms with van der Waals surface area (Å²) in [6.45, 7) is 3.26. The van der Waals surface area contributed by atoms with E-state index in [2.05, 4.69) is 47.1 Å². The Morgan fingerprint density at radius 3 is 2.58 bits per heavy atom. The number of anilines is 1. The van der Waals surface area contributed by atoms with Gasteiger partial charge in [0.15, 0.2) is 5.82 Å². The zero-order chi connectivity index (χ0) is 17.9. The summed E-state index contributed by atoms with van der Waals surface area (Å²) < 4.78 is 0. The van der Waals surface area contributed by atoms with Gasteiger partial charge in [0.1, 0.15) is 5.82 Å². The van der Waals surface area contributed by atoms with Crippen LogP contribution in [-0.2, 0) is 0 Å². The molecule has 0 aliphatic carbocycles. The van der Waals surface area contributed by atoms with Crippen molar-refractivity contribution in [2.75, 3.05) is 38.6 Å². The molecule has 134 valence electrons. The van der Waals surface area contributed by atoms with Gasteiger partial charge in [0.25, 0.3) is 0 Å². The Balaban J connectivity index is 1.68. The Bertz CT molecular complexity index is 870. The standard InChI is InChI=1S/C21H25N5/c1-25(2)15-16-9-12-26(13-10-16)21-18-7-3-4-8-19(18)23-20(24-21)17-6-5-11-22-14-17/h3-8,11,14,16H,9-10,12-13,15H2,1-2H3. The molecule has 1 aromatic carbocycles. The quantitative estimate of drug-likeness (QED) is 0.723. The van der Waals surface area contributed by atoms with Crippen molar-refractivity contribution in [3.05, 3.63) is 48.8 Å². The minimum absolute atomic E-state index is 0.752. The van der Waals surface area contributed by atoms with E-state index < -0.39 is 0 Å². The number of pyridine rings is 1. The van der Waals surface area contributed by atoms with Gasteiger partial charge in [-0.25, -0.2) is 9.97 Å². The zero-order valence-electron chi connectivity index (χ0n) is 15.5. The summed E-state index contributed by atoms with van der Waals surface area (Å²) in [5.74, 6) is 2.58. The molecule has 0 saturated carbocycles. The summed E-state index contributed by atoms with van der Waals surface area (Å²) in [4.78, 5) is 18.7. The Kier molecular flexibility index (Phi) is 4.80. The second-order valence-corrected chi connectivity index (χ2v) is 7.32. The summed E-state index contributed by atoms with van der Waals surface area (Å²) >= 11 is 0. The van der Waals surface area contributed by atoms with Crippen molar-refractivity contribution in [3.8, 4) is 11.4 Å². The maximum absolute atomic E-state index is 4.95. The predicted octanol–water partition coefficient (Wildman–Crippen LogP) is 3.47. The Morgan fingerprint density at radius 2 is 1.85 bits per heavy atom. The summed E-state index contributed by atoms with van der Waals surface area (Å²) in [6.07, 6.45) is 6.02. The van der Waals surface area contributed by atoms with Gasteiger partial charge in [-0.2, -0.15) is 0 Å². The number of fused-ring (bicyclic) bond motifs is 1. The van der Waals surface area contributed by atoms with E-state index in [9.17, 15) is 0 Å². The van der Waals surface area contributed by atoms with E-state index in [1.165, 1.54) is 19.4 Å². The number of para-hydroxylation sites is 1. The molecule has 0 atom stereocenters. The van der Waals surface area contributed by atoms with Crippen LogP contribution >= 0.6 is 0 Å². The lowest BCUT2D eigenvalue weighted by molar-refractivity contribution is 0.285. The maximum Gasteiger partial charge on any atom is 0.163 e. The summed E-state index contributed by atoms with van der Waals surface area (Å²) in [5, 5.41) is 1.13. The van der Waals surface area contributed by atoms with Crippen molar-refractivity contribution in [1.82, 2.24) is 19.9 Å².